The van der Waals surface area contributed by atoms with E-state index in [2.05, 4.69) is 5.32 Å². The number of nitrogens with zero attached hydrogens (tertiary/aromatic N) is 1. The summed E-state index contributed by atoms with van der Waals surface area (Å²) in [6.07, 6.45) is 2.96. The lowest BCUT2D eigenvalue weighted by atomic mass is 10.3. The molecule has 0 radical (unpaired) electrons. The van der Waals surface area contributed by atoms with E-state index in [-0.39, 0.29) is 37.3 Å². The van der Waals surface area contributed by atoms with Crippen LogP contribution in [0.15, 0.2) is 12.2 Å². The van der Waals surface area contributed by atoms with E-state index in [1.54, 1.807) is 0 Å². The summed E-state index contributed by atoms with van der Waals surface area (Å²) in [5, 5.41) is 11.1. The Morgan fingerprint density at radius 3 is 2.50 bits per heavy atom. The number of aliphatic hydroxyl groups is 1. The van der Waals surface area contributed by atoms with Gasteiger partial charge < -0.3 is 10.4 Å². The van der Waals surface area contributed by atoms with Gasteiger partial charge in [0.2, 0.25) is 5.91 Å². The zero-order chi connectivity index (χ0) is 12.0. The highest BCUT2D eigenvalue weighted by atomic mass is 16.3. The predicted molar refractivity (Wildman–Crippen MR) is 55.2 cm³/mol. The van der Waals surface area contributed by atoms with Gasteiger partial charge in [0, 0.05) is 38.3 Å². The van der Waals surface area contributed by atoms with Crippen molar-refractivity contribution in [2.75, 3.05) is 19.7 Å². The molecule has 1 heterocycles. The Bertz CT molecular complexity index is 307. The van der Waals surface area contributed by atoms with Gasteiger partial charge in [-0.2, -0.15) is 0 Å². The van der Waals surface area contributed by atoms with Crippen LogP contribution in [-0.2, 0) is 14.4 Å². The van der Waals surface area contributed by atoms with Crippen molar-refractivity contribution in [1.29, 1.82) is 0 Å². The first-order chi connectivity index (χ1) is 7.65. The van der Waals surface area contributed by atoms with Crippen molar-refractivity contribution in [3.8, 4) is 0 Å². The molecule has 0 saturated heterocycles. The maximum Gasteiger partial charge on any atom is 0.253 e. The molecule has 0 aliphatic carbocycles. The Kier molecular flexibility index (Phi) is 4.65. The summed E-state index contributed by atoms with van der Waals surface area (Å²) in [6.45, 7) is 0.512. The van der Waals surface area contributed by atoms with Crippen molar-refractivity contribution < 1.29 is 19.5 Å². The summed E-state index contributed by atoms with van der Waals surface area (Å²) in [4.78, 5) is 34.5. The molecule has 0 bridgehead atoms. The number of carbonyl (C=O) groups is 3. The fourth-order valence-electron chi connectivity index (χ4n) is 1.26. The van der Waals surface area contributed by atoms with Gasteiger partial charge in [-0.05, 0) is 6.42 Å². The van der Waals surface area contributed by atoms with Crippen LogP contribution in [0.5, 0.6) is 0 Å². The highest BCUT2D eigenvalue weighted by Crippen LogP contribution is 2.03. The molecule has 0 spiro atoms. The number of hydrogen-bond acceptors (Lipinski definition) is 4. The number of aliphatic hydroxyl groups excluding tert-OH is 1. The highest BCUT2D eigenvalue weighted by molar-refractivity contribution is 6.13. The van der Waals surface area contributed by atoms with Crippen molar-refractivity contribution in [1.82, 2.24) is 10.2 Å². The van der Waals surface area contributed by atoms with E-state index in [0.29, 0.717) is 13.0 Å². The predicted octanol–water partition coefficient (Wildman–Crippen LogP) is -1.20. The van der Waals surface area contributed by atoms with E-state index in [0.717, 1.165) is 4.90 Å². The van der Waals surface area contributed by atoms with Crippen LogP contribution in [0.25, 0.3) is 0 Å². The molecule has 3 amide bonds. The minimum absolute atomic E-state index is 0.0211. The molecule has 6 heteroatoms. The Labute approximate surface area is 92.9 Å². The monoisotopic (exact) mass is 226 g/mol. The number of rotatable bonds is 6. The van der Waals surface area contributed by atoms with Gasteiger partial charge in [-0.25, -0.2) is 0 Å². The van der Waals surface area contributed by atoms with E-state index >= 15 is 0 Å². The van der Waals surface area contributed by atoms with Gasteiger partial charge in [-0.15, -0.1) is 0 Å². The van der Waals surface area contributed by atoms with E-state index in [1.165, 1.54) is 12.2 Å². The molecule has 0 saturated carbocycles. The highest BCUT2D eigenvalue weighted by Gasteiger charge is 2.23. The molecule has 6 nitrogen and oxygen atoms in total. The van der Waals surface area contributed by atoms with Gasteiger partial charge in [-0.3, -0.25) is 19.3 Å². The molecule has 1 rings (SSSR count). The van der Waals surface area contributed by atoms with Crippen LogP contribution in [0, 0.1) is 0 Å². The number of imide groups is 1. The average molecular weight is 226 g/mol. The normalized spacial score (nSPS) is 14.7. The smallest absolute Gasteiger partial charge is 0.253 e. The van der Waals surface area contributed by atoms with Gasteiger partial charge in [0.05, 0.1) is 0 Å². The Morgan fingerprint density at radius 2 is 1.94 bits per heavy atom. The van der Waals surface area contributed by atoms with Crippen LogP contribution >= 0.6 is 0 Å². The van der Waals surface area contributed by atoms with Crippen LogP contribution in [0.2, 0.25) is 0 Å². The lowest BCUT2D eigenvalue weighted by Crippen LogP contribution is -2.35. The van der Waals surface area contributed by atoms with Crippen LogP contribution < -0.4 is 5.32 Å². The third-order valence-corrected chi connectivity index (χ3v) is 2.12. The van der Waals surface area contributed by atoms with Crippen molar-refractivity contribution in [3.05, 3.63) is 12.2 Å². The largest absolute Gasteiger partial charge is 0.396 e. The Balaban J connectivity index is 2.22. The summed E-state index contributed by atoms with van der Waals surface area (Å²) in [5.74, 6) is -0.998. The van der Waals surface area contributed by atoms with E-state index in [4.69, 9.17) is 5.11 Å². The van der Waals surface area contributed by atoms with Crippen LogP contribution in [-0.4, -0.2) is 47.4 Å². The standard InChI is InChI=1S/C10H14N2O4/c13-7-1-5-11-8(14)4-6-12-9(15)2-3-10(12)16/h2-3,13H,1,4-7H2,(H,11,14). The second-order valence-electron chi connectivity index (χ2n) is 3.34. The first-order valence-corrected chi connectivity index (χ1v) is 5.06. The molecular formula is C10H14N2O4. The third-order valence-electron chi connectivity index (χ3n) is 2.12. The van der Waals surface area contributed by atoms with Crippen LogP contribution in [0.4, 0.5) is 0 Å². The molecule has 88 valence electrons. The molecule has 0 atom stereocenters. The molecule has 0 aromatic carbocycles. The summed E-state index contributed by atoms with van der Waals surface area (Å²) < 4.78 is 0. The van der Waals surface area contributed by atoms with Crippen LogP contribution in [0.3, 0.4) is 0 Å². The van der Waals surface area contributed by atoms with Gasteiger partial charge in [0.15, 0.2) is 0 Å². The van der Waals surface area contributed by atoms with Crippen LogP contribution in [0.1, 0.15) is 12.8 Å². The minimum Gasteiger partial charge on any atom is -0.396 e. The van der Waals surface area contributed by atoms with Gasteiger partial charge in [-0.1, -0.05) is 0 Å². The summed E-state index contributed by atoms with van der Waals surface area (Å²) in [5.41, 5.74) is 0. The Hall–Kier alpha value is -1.69. The summed E-state index contributed by atoms with van der Waals surface area (Å²) in [6, 6.07) is 0. The molecule has 0 aromatic heterocycles. The average Bonchev–Trinajstić information content (AvgIpc) is 2.57. The molecule has 16 heavy (non-hydrogen) atoms. The van der Waals surface area contributed by atoms with E-state index in [9.17, 15) is 14.4 Å². The molecule has 0 aromatic rings. The molecular weight excluding hydrogens is 212 g/mol. The fourth-order valence-corrected chi connectivity index (χ4v) is 1.26. The van der Waals surface area contributed by atoms with Gasteiger partial charge in [0.25, 0.3) is 11.8 Å². The molecule has 2 N–H and O–H groups in total. The summed E-state index contributed by atoms with van der Waals surface area (Å²) >= 11 is 0. The molecule has 0 unspecified atom stereocenters. The molecule has 0 fully saturated rings. The lowest BCUT2D eigenvalue weighted by molar-refractivity contribution is -0.137. The minimum atomic E-state index is -0.381. The third kappa shape index (κ3) is 3.47. The zero-order valence-corrected chi connectivity index (χ0v) is 8.81. The fraction of sp³-hybridized carbons (Fsp3) is 0.500. The van der Waals surface area contributed by atoms with Crippen molar-refractivity contribution in [2.45, 2.75) is 12.8 Å². The molecule has 1 aliphatic heterocycles. The SMILES string of the molecule is O=C(CCN1C(=O)C=CC1=O)NCCCO. The van der Waals surface area contributed by atoms with Crippen molar-refractivity contribution in [3.63, 3.8) is 0 Å². The maximum absolute atomic E-state index is 11.2. The number of carbonyl (C=O) groups excluding carboxylic acids is 3. The first kappa shape index (κ1) is 12.4. The van der Waals surface area contributed by atoms with Gasteiger partial charge in [0.1, 0.15) is 0 Å². The second-order valence-corrected chi connectivity index (χ2v) is 3.34. The zero-order valence-electron chi connectivity index (χ0n) is 8.81. The Morgan fingerprint density at radius 1 is 1.31 bits per heavy atom. The topological polar surface area (TPSA) is 86.7 Å². The number of nitrogens with one attached hydrogen (secondary N) is 1. The molecule has 1 aliphatic rings. The quantitative estimate of drug-likeness (QED) is 0.440. The second kappa shape index (κ2) is 6.02. The number of hydrogen-bond donors (Lipinski definition) is 2. The van der Waals surface area contributed by atoms with E-state index < -0.39 is 0 Å². The van der Waals surface area contributed by atoms with Gasteiger partial charge >= 0.3 is 0 Å². The first-order valence-electron chi connectivity index (χ1n) is 5.06. The van der Waals surface area contributed by atoms with E-state index in [1.807, 2.05) is 0 Å². The lowest BCUT2D eigenvalue weighted by Gasteiger charge is -2.13. The van der Waals surface area contributed by atoms with Crippen molar-refractivity contribution in [2.24, 2.45) is 0 Å². The maximum atomic E-state index is 11.2. The number of amides is 3. The van der Waals surface area contributed by atoms with Crippen molar-refractivity contribution >= 4 is 17.7 Å². The summed E-state index contributed by atoms with van der Waals surface area (Å²) in [7, 11) is 0.